The minimum absolute atomic E-state index is 0. The number of hydrogen-bond acceptors (Lipinski definition) is 3. The Labute approximate surface area is 152 Å². The van der Waals surface area contributed by atoms with Gasteiger partial charge in [-0.05, 0) is 5.92 Å². The van der Waals surface area contributed by atoms with Crippen LogP contribution in [0.2, 0.25) is 0 Å². The smallest absolute Gasteiger partial charge is 0.191 e. The van der Waals surface area contributed by atoms with Gasteiger partial charge in [-0.25, -0.2) is 0 Å². The summed E-state index contributed by atoms with van der Waals surface area (Å²) in [5.74, 6) is 4.03. The summed E-state index contributed by atoms with van der Waals surface area (Å²) in [5, 5.41) is 6.52. The van der Waals surface area contributed by atoms with Crippen LogP contribution in [0.5, 0.6) is 0 Å². The number of halogens is 1. The van der Waals surface area contributed by atoms with Crippen LogP contribution in [0.25, 0.3) is 0 Å². The zero-order valence-corrected chi connectivity index (χ0v) is 16.4. The molecule has 0 amide bonds. The molecule has 128 valence electrons. The summed E-state index contributed by atoms with van der Waals surface area (Å²) < 4.78 is 5.48. The largest absolute Gasteiger partial charge is 0.379 e. The normalized spacial score (nSPS) is 17.5. The molecule has 1 aliphatic heterocycles. The maximum Gasteiger partial charge on any atom is 0.191 e. The van der Waals surface area contributed by atoms with Gasteiger partial charge in [-0.2, -0.15) is 0 Å². The molecule has 1 heterocycles. The predicted molar refractivity (Wildman–Crippen MR) is 104 cm³/mol. The summed E-state index contributed by atoms with van der Waals surface area (Å²) in [6.45, 7) is 9.61. The SMILES string of the molecule is C#CCNC(=NC)NCC(C(CC)CC)N1CCOCC1.I. The highest BCUT2D eigenvalue weighted by Gasteiger charge is 2.26. The maximum atomic E-state index is 5.48. The van der Waals surface area contributed by atoms with E-state index in [4.69, 9.17) is 11.2 Å². The minimum atomic E-state index is 0. The van der Waals surface area contributed by atoms with Crippen molar-refractivity contribution in [2.75, 3.05) is 46.4 Å². The van der Waals surface area contributed by atoms with E-state index in [1.54, 1.807) is 7.05 Å². The van der Waals surface area contributed by atoms with Gasteiger partial charge >= 0.3 is 0 Å². The second kappa shape index (κ2) is 13.0. The van der Waals surface area contributed by atoms with E-state index in [-0.39, 0.29) is 24.0 Å². The van der Waals surface area contributed by atoms with Gasteiger partial charge in [-0.3, -0.25) is 9.89 Å². The lowest BCUT2D eigenvalue weighted by atomic mass is 9.92. The van der Waals surface area contributed by atoms with Gasteiger partial charge in [0.15, 0.2) is 5.96 Å². The molecule has 1 fully saturated rings. The summed E-state index contributed by atoms with van der Waals surface area (Å²) in [7, 11) is 1.77. The molecule has 0 saturated carbocycles. The van der Waals surface area contributed by atoms with Crippen molar-refractivity contribution < 1.29 is 4.74 Å². The summed E-state index contributed by atoms with van der Waals surface area (Å²) in [5.41, 5.74) is 0. The van der Waals surface area contributed by atoms with Crippen molar-refractivity contribution in [2.24, 2.45) is 10.9 Å². The van der Waals surface area contributed by atoms with Crippen LogP contribution < -0.4 is 10.6 Å². The third-order valence-corrected chi connectivity index (χ3v) is 4.17. The number of hydrogen-bond donors (Lipinski definition) is 2. The first-order valence-electron chi connectivity index (χ1n) is 7.96. The average Bonchev–Trinajstić information content (AvgIpc) is 2.54. The molecule has 1 atom stereocenters. The molecular weight excluding hydrogens is 391 g/mol. The van der Waals surface area contributed by atoms with Crippen LogP contribution in [0, 0.1) is 18.3 Å². The molecule has 1 saturated heterocycles. The molecule has 1 aliphatic rings. The number of guanidine groups is 1. The molecule has 0 aromatic rings. The Morgan fingerprint density at radius 3 is 2.41 bits per heavy atom. The fraction of sp³-hybridized carbons (Fsp3) is 0.812. The van der Waals surface area contributed by atoms with Crippen LogP contribution in [0.15, 0.2) is 4.99 Å². The Bertz CT molecular complexity index is 347. The zero-order chi connectivity index (χ0) is 15.5. The molecule has 5 nitrogen and oxygen atoms in total. The Balaban J connectivity index is 0.00000441. The molecule has 22 heavy (non-hydrogen) atoms. The second-order valence-electron chi connectivity index (χ2n) is 5.30. The first kappa shape index (κ1) is 21.5. The van der Waals surface area contributed by atoms with Crippen LogP contribution in [-0.4, -0.2) is 63.3 Å². The van der Waals surface area contributed by atoms with Gasteiger partial charge in [0, 0.05) is 32.7 Å². The first-order valence-corrected chi connectivity index (χ1v) is 7.96. The average molecular weight is 422 g/mol. The maximum absolute atomic E-state index is 5.48. The Hall–Kier alpha value is -0.520. The lowest BCUT2D eigenvalue weighted by Gasteiger charge is -2.39. The van der Waals surface area contributed by atoms with Crippen LogP contribution in [0.4, 0.5) is 0 Å². The molecule has 0 bridgehead atoms. The van der Waals surface area contributed by atoms with Crippen LogP contribution in [0.1, 0.15) is 26.7 Å². The van der Waals surface area contributed by atoms with Gasteiger partial charge in [0.05, 0.1) is 19.8 Å². The summed E-state index contributed by atoms with van der Waals surface area (Å²) >= 11 is 0. The van der Waals surface area contributed by atoms with Crippen molar-refractivity contribution in [3.05, 3.63) is 0 Å². The lowest BCUT2D eigenvalue weighted by Crippen LogP contribution is -2.53. The summed E-state index contributed by atoms with van der Waals surface area (Å²) in [6.07, 6.45) is 7.66. The van der Waals surface area contributed by atoms with Gasteiger partial charge in [0.1, 0.15) is 0 Å². The third kappa shape index (κ3) is 7.16. The molecule has 0 spiro atoms. The number of morpholine rings is 1. The predicted octanol–water partition coefficient (Wildman–Crippen LogP) is 1.54. The number of rotatable bonds is 7. The molecule has 0 radical (unpaired) electrons. The van der Waals surface area contributed by atoms with E-state index in [2.05, 4.69) is 40.3 Å². The van der Waals surface area contributed by atoms with Crippen molar-refractivity contribution in [2.45, 2.75) is 32.7 Å². The zero-order valence-electron chi connectivity index (χ0n) is 14.1. The quantitative estimate of drug-likeness (QED) is 0.283. The van der Waals surface area contributed by atoms with Crippen molar-refractivity contribution in [1.29, 1.82) is 0 Å². The molecule has 1 unspecified atom stereocenters. The van der Waals surface area contributed by atoms with Crippen molar-refractivity contribution in [3.63, 3.8) is 0 Å². The van der Waals surface area contributed by atoms with E-state index in [0.717, 1.165) is 38.8 Å². The van der Waals surface area contributed by atoms with E-state index >= 15 is 0 Å². The Morgan fingerprint density at radius 2 is 1.91 bits per heavy atom. The van der Waals surface area contributed by atoms with Crippen LogP contribution in [0.3, 0.4) is 0 Å². The van der Waals surface area contributed by atoms with E-state index in [1.807, 2.05) is 0 Å². The van der Waals surface area contributed by atoms with Gasteiger partial charge in [0.25, 0.3) is 0 Å². The van der Waals surface area contributed by atoms with E-state index < -0.39 is 0 Å². The first-order chi connectivity index (χ1) is 10.3. The summed E-state index contributed by atoms with van der Waals surface area (Å²) in [4.78, 5) is 6.75. The fourth-order valence-corrected chi connectivity index (χ4v) is 2.89. The van der Waals surface area contributed by atoms with Crippen LogP contribution >= 0.6 is 24.0 Å². The molecule has 6 heteroatoms. The third-order valence-electron chi connectivity index (χ3n) is 4.17. The Kier molecular flexibility index (Phi) is 12.7. The van der Waals surface area contributed by atoms with Gasteiger partial charge < -0.3 is 15.4 Å². The molecule has 0 aliphatic carbocycles. The molecule has 1 rings (SSSR count). The number of nitrogens with one attached hydrogen (secondary N) is 2. The van der Waals surface area contributed by atoms with Crippen molar-refractivity contribution in [1.82, 2.24) is 15.5 Å². The Morgan fingerprint density at radius 1 is 1.27 bits per heavy atom. The minimum Gasteiger partial charge on any atom is -0.379 e. The van der Waals surface area contributed by atoms with E-state index in [1.165, 1.54) is 12.8 Å². The van der Waals surface area contributed by atoms with E-state index in [9.17, 15) is 0 Å². The number of nitrogens with zero attached hydrogens (tertiary/aromatic N) is 2. The van der Waals surface area contributed by atoms with Crippen molar-refractivity contribution >= 4 is 29.9 Å². The number of aliphatic imine (C=N–C) groups is 1. The second-order valence-corrected chi connectivity index (χ2v) is 5.30. The van der Waals surface area contributed by atoms with Crippen molar-refractivity contribution in [3.8, 4) is 12.3 Å². The van der Waals surface area contributed by atoms with Gasteiger partial charge in [-0.15, -0.1) is 30.4 Å². The highest BCUT2D eigenvalue weighted by atomic mass is 127. The molecular formula is C16H31IN4O. The summed E-state index contributed by atoms with van der Waals surface area (Å²) in [6, 6.07) is 0.508. The monoisotopic (exact) mass is 422 g/mol. The molecule has 2 N–H and O–H groups in total. The molecule has 0 aromatic carbocycles. The van der Waals surface area contributed by atoms with E-state index in [0.29, 0.717) is 18.5 Å². The van der Waals surface area contributed by atoms with Gasteiger partial charge in [-0.1, -0.05) is 32.6 Å². The van der Waals surface area contributed by atoms with Gasteiger partial charge in [0.2, 0.25) is 0 Å². The van der Waals surface area contributed by atoms with Crippen LogP contribution in [-0.2, 0) is 4.74 Å². The number of ether oxygens (including phenoxy) is 1. The lowest BCUT2D eigenvalue weighted by molar-refractivity contribution is 0.00272. The topological polar surface area (TPSA) is 48.9 Å². The standard InChI is InChI=1S/C16H30N4O.HI/c1-5-8-18-16(17-4)19-13-15(14(6-2)7-3)20-9-11-21-12-10-20;/h1,14-15H,6-13H2,2-4H3,(H2,17,18,19);1H. The number of terminal acetylenes is 1. The fourth-order valence-electron chi connectivity index (χ4n) is 2.89. The highest BCUT2D eigenvalue weighted by Crippen LogP contribution is 2.19. The molecule has 0 aromatic heterocycles. The highest BCUT2D eigenvalue weighted by molar-refractivity contribution is 14.0.